The summed E-state index contributed by atoms with van der Waals surface area (Å²) >= 11 is 0. The zero-order valence-corrected chi connectivity index (χ0v) is 16.2. The predicted molar refractivity (Wildman–Crippen MR) is 111 cm³/mol. The van der Waals surface area contributed by atoms with Gasteiger partial charge in [-0.3, -0.25) is 9.78 Å². The summed E-state index contributed by atoms with van der Waals surface area (Å²) in [5.74, 6) is 0.778. The largest absolute Gasteiger partial charge is 0.489 e. The number of benzene rings is 2. The minimum atomic E-state index is -0.0657. The first-order chi connectivity index (χ1) is 13.6. The minimum Gasteiger partial charge on any atom is -0.489 e. The van der Waals surface area contributed by atoms with Crippen LogP contribution in [-0.4, -0.2) is 10.9 Å². The van der Waals surface area contributed by atoms with E-state index in [2.05, 4.69) is 40.7 Å². The molecule has 144 valence electrons. The number of amides is 1. The van der Waals surface area contributed by atoms with E-state index in [4.69, 9.17) is 4.74 Å². The number of carbonyl (C=O) groups is 1. The molecule has 0 aliphatic carbocycles. The molecule has 3 rings (SSSR count). The molecule has 0 aliphatic rings. The van der Waals surface area contributed by atoms with Gasteiger partial charge in [-0.05, 0) is 60.0 Å². The van der Waals surface area contributed by atoms with Crippen molar-refractivity contribution in [1.82, 2.24) is 10.3 Å². The van der Waals surface area contributed by atoms with Crippen LogP contribution in [0.3, 0.4) is 0 Å². The Bertz CT molecular complexity index is 895. The summed E-state index contributed by atoms with van der Waals surface area (Å²) in [6.07, 6.45) is 3.53. The Morgan fingerprint density at radius 1 is 1.04 bits per heavy atom. The highest BCUT2D eigenvalue weighted by Gasteiger charge is 2.07. The first kappa shape index (κ1) is 19.6. The lowest BCUT2D eigenvalue weighted by Gasteiger charge is -2.16. The van der Waals surface area contributed by atoms with Crippen LogP contribution in [0, 0.1) is 0 Å². The molecule has 2 aromatic carbocycles. The van der Waals surface area contributed by atoms with Crippen LogP contribution >= 0.6 is 0 Å². The second kappa shape index (κ2) is 9.67. The number of hydrogen-bond donors (Lipinski definition) is 2. The maximum atomic E-state index is 11.2. The Labute approximate surface area is 165 Å². The van der Waals surface area contributed by atoms with Gasteiger partial charge in [-0.2, -0.15) is 0 Å². The Morgan fingerprint density at radius 2 is 1.79 bits per heavy atom. The lowest BCUT2D eigenvalue weighted by atomic mass is 10.1. The Balaban J connectivity index is 1.51. The molecule has 3 aromatic rings. The van der Waals surface area contributed by atoms with E-state index in [1.165, 1.54) is 12.5 Å². The normalized spacial score (nSPS) is 11.6. The Kier molecular flexibility index (Phi) is 6.76. The zero-order chi connectivity index (χ0) is 19.8. The van der Waals surface area contributed by atoms with Gasteiger partial charge in [-0.25, -0.2) is 0 Å². The highest BCUT2D eigenvalue weighted by molar-refractivity contribution is 5.88. The van der Waals surface area contributed by atoms with Crippen LogP contribution in [0.5, 0.6) is 5.75 Å². The maximum Gasteiger partial charge on any atom is 0.221 e. The molecule has 5 nitrogen and oxygen atoms in total. The topological polar surface area (TPSA) is 63.2 Å². The van der Waals surface area contributed by atoms with Crippen molar-refractivity contribution in [1.29, 1.82) is 0 Å². The van der Waals surface area contributed by atoms with Crippen molar-refractivity contribution in [3.05, 3.63) is 89.7 Å². The number of rotatable bonds is 8. The third kappa shape index (κ3) is 5.93. The lowest BCUT2D eigenvalue weighted by molar-refractivity contribution is -0.114. The van der Waals surface area contributed by atoms with Gasteiger partial charge in [0.25, 0.3) is 0 Å². The smallest absolute Gasteiger partial charge is 0.221 e. The van der Waals surface area contributed by atoms with E-state index in [1.54, 1.807) is 12.4 Å². The number of carbonyl (C=O) groups excluding carboxylic acids is 1. The predicted octanol–water partition coefficient (Wildman–Crippen LogP) is 4.47. The van der Waals surface area contributed by atoms with Crippen molar-refractivity contribution in [2.75, 3.05) is 5.32 Å². The number of nitrogens with zero attached hydrogens (tertiary/aromatic N) is 1. The molecule has 0 saturated carbocycles. The third-order valence-corrected chi connectivity index (χ3v) is 4.40. The van der Waals surface area contributed by atoms with E-state index >= 15 is 0 Å². The van der Waals surface area contributed by atoms with Crippen molar-refractivity contribution < 1.29 is 9.53 Å². The van der Waals surface area contributed by atoms with Crippen molar-refractivity contribution >= 4 is 11.6 Å². The van der Waals surface area contributed by atoms with Crippen LogP contribution in [0.2, 0.25) is 0 Å². The minimum absolute atomic E-state index is 0.0657. The third-order valence-electron chi connectivity index (χ3n) is 4.40. The van der Waals surface area contributed by atoms with Gasteiger partial charge < -0.3 is 15.4 Å². The molecular weight excluding hydrogens is 350 g/mol. The second-order valence-corrected chi connectivity index (χ2v) is 6.70. The fraction of sp³-hybridized carbons (Fsp3) is 0.217. The Hall–Kier alpha value is -3.18. The van der Waals surface area contributed by atoms with Crippen molar-refractivity contribution in [3.8, 4) is 5.75 Å². The van der Waals surface area contributed by atoms with Crippen LogP contribution in [0.25, 0.3) is 0 Å². The summed E-state index contributed by atoms with van der Waals surface area (Å²) in [5.41, 5.74) is 4.22. The lowest BCUT2D eigenvalue weighted by Crippen LogP contribution is -2.18. The molecule has 0 aliphatic heterocycles. The number of ether oxygens (including phenoxy) is 1. The van der Waals surface area contributed by atoms with E-state index in [1.807, 2.05) is 42.5 Å². The summed E-state index contributed by atoms with van der Waals surface area (Å²) < 4.78 is 5.80. The van der Waals surface area contributed by atoms with E-state index in [9.17, 15) is 4.79 Å². The van der Waals surface area contributed by atoms with Crippen molar-refractivity contribution in [2.24, 2.45) is 0 Å². The van der Waals surface area contributed by atoms with E-state index < -0.39 is 0 Å². The van der Waals surface area contributed by atoms with Gasteiger partial charge in [0, 0.05) is 37.6 Å². The number of nitrogens with one attached hydrogen (secondary N) is 2. The van der Waals surface area contributed by atoms with E-state index in [0.717, 1.165) is 29.1 Å². The van der Waals surface area contributed by atoms with Crippen LogP contribution in [0.1, 0.15) is 36.6 Å². The summed E-state index contributed by atoms with van der Waals surface area (Å²) in [7, 11) is 0. The molecule has 2 N–H and O–H groups in total. The molecule has 1 heterocycles. The number of anilines is 1. The second-order valence-electron chi connectivity index (χ2n) is 6.70. The SMILES string of the molecule is CC(=O)Nc1cccc([C@@H](C)NCc2ccc(OCc3ccncc3)cc2)c1. The monoisotopic (exact) mass is 375 g/mol. The summed E-state index contributed by atoms with van der Waals surface area (Å²) in [4.78, 5) is 15.2. The molecule has 0 fully saturated rings. The first-order valence-electron chi connectivity index (χ1n) is 9.32. The summed E-state index contributed by atoms with van der Waals surface area (Å²) in [6.45, 7) is 4.90. The van der Waals surface area contributed by atoms with E-state index in [0.29, 0.717) is 6.61 Å². The van der Waals surface area contributed by atoms with Gasteiger partial charge in [-0.15, -0.1) is 0 Å². The van der Waals surface area contributed by atoms with Crippen LogP contribution in [0.15, 0.2) is 73.1 Å². The molecule has 28 heavy (non-hydrogen) atoms. The molecule has 5 heteroatoms. The molecule has 0 spiro atoms. The average Bonchev–Trinajstić information content (AvgIpc) is 2.72. The highest BCUT2D eigenvalue weighted by Crippen LogP contribution is 2.19. The first-order valence-corrected chi connectivity index (χ1v) is 9.32. The summed E-state index contributed by atoms with van der Waals surface area (Å²) in [5, 5.41) is 6.33. The fourth-order valence-electron chi connectivity index (χ4n) is 2.83. The summed E-state index contributed by atoms with van der Waals surface area (Å²) in [6, 6.07) is 20.0. The Morgan fingerprint density at radius 3 is 2.50 bits per heavy atom. The molecular formula is C23H25N3O2. The van der Waals surface area contributed by atoms with Crippen LogP contribution < -0.4 is 15.4 Å². The van der Waals surface area contributed by atoms with Crippen LogP contribution in [0.4, 0.5) is 5.69 Å². The van der Waals surface area contributed by atoms with Crippen LogP contribution in [-0.2, 0) is 17.9 Å². The average molecular weight is 375 g/mol. The van der Waals surface area contributed by atoms with Gasteiger partial charge in [0.15, 0.2) is 0 Å². The standard InChI is InChI=1S/C23H25N3O2/c1-17(21-4-3-5-22(14-21)26-18(2)27)25-15-19-6-8-23(9-7-19)28-16-20-10-12-24-13-11-20/h3-14,17,25H,15-16H2,1-2H3,(H,26,27)/t17-/m1/s1. The zero-order valence-electron chi connectivity index (χ0n) is 16.2. The van der Waals surface area contributed by atoms with Gasteiger partial charge in [0.1, 0.15) is 12.4 Å². The van der Waals surface area contributed by atoms with Gasteiger partial charge in [-0.1, -0.05) is 24.3 Å². The van der Waals surface area contributed by atoms with Gasteiger partial charge in [0.2, 0.25) is 5.91 Å². The molecule has 0 unspecified atom stereocenters. The number of hydrogen-bond acceptors (Lipinski definition) is 4. The van der Waals surface area contributed by atoms with Gasteiger partial charge in [0.05, 0.1) is 0 Å². The molecule has 0 saturated heterocycles. The van der Waals surface area contributed by atoms with Crippen molar-refractivity contribution in [2.45, 2.75) is 33.0 Å². The number of aromatic nitrogens is 1. The molecule has 1 amide bonds. The number of pyridine rings is 1. The molecule has 0 bridgehead atoms. The maximum absolute atomic E-state index is 11.2. The molecule has 1 aromatic heterocycles. The molecule has 1 atom stereocenters. The molecule has 0 radical (unpaired) electrons. The van der Waals surface area contributed by atoms with Crippen molar-refractivity contribution in [3.63, 3.8) is 0 Å². The van der Waals surface area contributed by atoms with E-state index in [-0.39, 0.29) is 11.9 Å². The fourth-order valence-corrected chi connectivity index (χ4v) is 2.83. The van der Waals surface area contributed by atoms with Gasteiger partial charge >= 0.3 is 0 Å². The highest BCUT2D eigenvalue weighted by atomic mass is 16.5. The quantitative estimate of drug-likeness (QED) is 0.610.